The number of unbranched alkanes of at least 4 members (excludes halogenated alkanes) is 25. The predicted octanol–water partition coefficient (Wildman–Crippen LogP) is 23.4. The summed E-state index contributed by atoms with van der Waals surface area (Å²) in [5.41, 5.74) is 0. The minimum absolute atomic E-state index is 0.0619. The lowest BCUT2D eigenvalue weighted by Crippen LogP contribution is -2.30. The zero-order valence-corrected chi connectivity index (χ0v) is 66.7. The molecule has 0 aliphatic heterocycles. The van der Waals surface area contributed by atoms with E-state index in [2.05, 4.69) is 149 Å². The SMILES string of the molecule is CC/C=C\C/C=C\C/C=C\C/C=C\C/C=C\CC(=O)OCC(COP(=O)(O)OCC(O)COP(=O)(O)OCC(COC(=O)CCCCCCCC/C=C\C/C=C\C/C=C\CCCCC)OC(=O)CCCCCCC/C=C\C/C=C\C/C=C\CC)OC(=O)CCCCCCC/C=C\CCCCCCCC. The maximum absolute atomic E-state index is 13.1. The van der Waals surface area contributed by atoms with Gasteiger partial charge in [-0.15, -0.1) is 0 Å². The lowest BCUT2D eigenvalue weighted by atomic mass is 10.1. The molecule has 0 heterocycles. The number of carbonyl (C=O) groups is 4. The van der Waals surface area contributed by atoms with Crippen molar-refractivity contribution in [3.05, 3.63) is 146 Å². The highest BCUT2D eigenvalue weighted by Crippen LogP contribution is 2.45. The Morgan fingerprint density at radius 3 is 0.885 bits per heavy atom. The van der Waals surface area contributed by atoms with E-state index in [9.17, 15) is 43.2 Å². The molecule has 0 aromatic carbocycles. The molecule has 0 fully saturated rings. The Morgan fingerprint density at radius 2 is 0.538 bits per heavy atom. The fourth-order valence-electron chi connectivity index (χ4n) is 10.2. The van der Waals surface area contributed by atoms with Crippen molar-refractivity contribution in [1.29, 1.82) is 0 Å². The van der Waals surface area contributed by atoms with E-state index in [-0.39, 0.29) is 25.7 Å². The molecule has 5 unspecified atom stereocenters. The van der Waals surface area contributed by atoms with E-state index in [0.717, 1.165) is 173 Å². The topological polar surface area (TPSA) is 237 Å². The number of rotatable bonds is 74. The Morgan fingerprint density at radius 1 is 0.288 bits per heavy atom. The molecule has 594 valence electrons. The number of allylic oxidation sites excluding steroid dienone is 23. The molecule has 0 radical (unpaired) electrons. The van der Waals surface area contributed by atoms with Gasteiger partial charge in [0.05, 0.1) is 32.8 Å². The summed E-state index contributed by atoms with van der Waals surface area (Å²) in [5.74, 6) is -2.37. The zero-order chi connectivity index (χ0) is 76.0. The number of carbonyl (C=O) groups excluding carboxylic acids is 4. The fourth-order valence-corrected chi connectivity index (χ4v) is 11.8. The number of esters is 4. The van der Waals surface area contributed by atoms with Gasteiger partial charge in [0.15, 0.2) is 12.2 Å². The number of hydrogen-bond acceptors (Lipinski definition) is 15. The Bertz CT molecular complexity index is 2540. The van der Waals surface area contributed by atoms with Crippen molar-refractivity contribution < 1.29 is 80.2 Å². The maximum atomic E-state index is 13.1. The monoisotopic (exact) mass is 1500 g/mol. The van der Waals surface area contributed by atoms with Crippen LogP contribution in [0.4, 0.5) is 0 Å². The Labute approximate surface area is 630 Å². The fraction of sp³-hybridized carbons (Fsp3) is 0.671. The predicted molar refractivity (Wildman–Crippen MR) is 427 cm³/mol. The highest BCUT2D eigenvalue weighted by molar-refractivity contribution is 7.47. The minimum Gasteiger partial charge on any atom is -0.462 e. The second-order valence-electron chi connectivity index (χ2n) is 26.3. The minimum atomic E-state index is -5.00. The number of ether oxygens (including phenoxy) is 4. The third-order valence-corrected chi connectivity index (χ3v) is 18.2. The van der Waals surface area contributed by atoms with Crippen LogP contribution in [-0.2, 0) is 65.4 Å². The van der Waals surface area contributed by atoms with Crippen molar-refractivity contribution in [3.63, 3.8) is 0 Å². The molecule has 3 N–H and O–H groups in total. The molecular formula is C85H142O17P2. The highest BCUT2D eigenvalue weighted by atomic mass is 31.2. The molecule has 0 aliphatic rings. The van der Waals surface area contributed by atoms with Crippen LogP contribution in [0.5, 0.6) is 0 Å². The molecule has 104 heavy (non-hydrogen) atoms. The third-order valence-electron chi connectivity index (χ3n) is 16.3. The van der Waals surface area contributed by atoms with E-state index < -0.39 is 97.5 Å². The Hall–Kier alpha value is -5.06. The van der Waals surface area contributed by atoms with Gasteiger partial charge in [-0.2, -0.15) is 0 Å². The number of phosphoric ester groups is 2. The van der Waals surface area contributed by atoms with Crippen LogP contribution in [0, 0.1) is 0 Å². The van der Waals surface area contributed by atoms with Crippen LogP contribution in [0.25, 0.3) is 0 Å². The average Bonchev–Trinajstić information content (AvgIpc) is 0.912. The first kappa shape index (κ1) is 98.9. The van der Waals surface area contributed by atoms with Crippen molar-refractivity contribution in [3.8, 4) is 0 Å². The van der Waals surface area contributed by atoms with Gasteiger partial charge in [0.2, 0.25) is 0 Å². The number of aliphatic hydroxyl groups is 1. The molecule has 0 spiro atoms. The number of hydrogen-bond donors (Lipinski definition) is 3. The molecule has 5 atom stereocenters. The van der Waals surface area contributed by atoms with Crippen molar-refractivity contribution in [2.75, 3.05) is 39.6 Å². The van der Waals surface area contributed by atoms with Gasteiger partial charge in [0, 0.05) is 19.3 Å². The van der Waals surface area contributed by atoms with Crippen LogP contribution >= 0.6 is 15.6 Å². The van der Waals surface area contributed by atoms with Crippen LogP contribution in [0.2, 0.25) is 0 Å². The van der Waals surface area contributed by atoms with Crippen LogP contribution in [0.1, 0.15) is 310 Å². The smallest absolute Gasteiger partial charge is 0.462 e. The Balaban J connectivity index is 5.45. The lowest BCUT2D eigenvalue weighted by Gasteiger charge is -2.21. The van der Waals surface area contributed by atoms with Crippen molar-refractivity contribution in [2.45, 2.75) is 329 Å². The van der Waals surface area contributed by atoms with Gasteiger partial charge in [-0.3, -0.25) is 37.3 Å². The summed E-state index contributed by atoms with van der Waals surface area (Å²) in [6, 6.07) is 0. The third kappa shape index (κ3) is 75.2. The molecule has 0 amide bonds. The Kier molecular flexibility index (Phi) is 72.4. The van der Waals surface area contributed by atoms with E-state index in [1.165, 1.54) is 57.8 Å². The maximum Gasteiger partial charge on any atom is 0.472 e. The molecular weight excluding hydrogens is 1350 g/mol. The zero-order valence-electron chi connectivity index (χ0n) is 64.9. The van der Waals surface area contributed by atoms with Crippen LogP contribution < -0.4 is 0 Å². The number of phosphoric acid groups is 2. The van der Waals surface area contributed by atoms with Crippen LogP contribution in [0.15, 0.2) is 146 Å². The molecule has 0 bridgehead atoms. The van der Waals surface area contributed by atoms with E-state index in [4.69, 9.17) is 37.0 Å². The summed E-state index contributed by atoms with van der Waals surface area (Å²) in [7, 11) is -10.0. The van der Waals surface area contributed by atoms with Gasteiger partial charge < -0.3 is 33.8 Å². The molecule has 0 aliphatic carbocycles. The summed E-state index contributed by atoms with van der Waals surface area (Å²) in [6.45, 7) is 4.46. The highest BCUT2D eigenvalue weighted by Gasteiger charge is 2.30. The van der Waals surface area contributed by atoms with E-state index in [1.54, 1.807) is 6.08 Å². The summed E-state index contributed by atoms with van der Waals surface area (Å²) in [4.78, 5) is 73.0. The van der Waals surface area contributed by atoms with Crippen molar-refractivity contribution >= 4 is 39.5 Å². The summed E-state index contributed by atoms with van der Waals surface area (Å²) >= 11 is 0. The van der Waals surface area contributed by atoms with Crippen LogP contribution in [-0.4, -0.2) is 96.7 Å². The summed E-state index contributed by atoms with van der Waals surface area (Å²) in [6.07, 6.45) is 87.1. The molecule has 0 saturated heterocycles. The van der Waals surface area contributed by atoms with Crippen LogP contribution in [0.3, 0.4) is 0 Å². The second-order valence-corrected chi connectivity index (χ2v) is 29.2. The van der Waals surface area contributed by atoms with Crippen molar-refractivity contribution in [1.82, 2.24) is 0 Å². The average molecular weight is 1500 g/mol. The van der Waals surface area contributed by atoms with Gasteiger partial charge in [-0.05, 0) is 148 Å². The molecule has 17 nitrogen and oxygen atoms in total. The standard InChI is InChI=1S/C85H142O17P2/c1-5-9-13-17-21-25-29-33-37-38-39-40-44-46-50-54-58-62-66-70-83(88)96-76-81(102-85(90)72-68-64-60-56-52-48-43-36-32-28-24-20-16-12-8-4)78-100-104(93,94)98-74-79(86)73-97-103(91,92)99-77-80(101-84(89)71-67-63-59-55-51-47-42-35-31-27-23-19-15-11-7-3)75-95-82(87)69-65-61-57-53-49-45-41-34-30-26-22-18-14-10-6-2/h10,12,14,16,21-22,24-26,28,33-37,39-43,49,53,61,65,79-81,86H,5-9,11,13,15,17-20,23,27,29-32,38,44-48,50-52,54-60,62-64,66-78H2,1-4H3,(H,91,92)(H,93,94)/b14-10-,16-12-,25-21-,26-22-,28-24-,37-33-,40-39-,41-34-,42-35-,43-36-,53-49-,65-61-. The molecule has 0 aromatic heterocycles. The quantitative estimate of drug-likeness (QED) is 0.0169. The van der Waals surface area contributed by atoms with E-state index in [1.807, 2.05) is 18.2 Å². The molecule has 19 heteroatoms. The lowest BCUT2D eigenvalue weighted by molar-refractivity contribution is -0.161. The van der Waals surface area contributed by atoms with Gasteiger partial charge >= 0.3 is 39.5 Å². The molecule has 0 aromatic rings. The normalized spacial score (nSPS) is 14.6. The van der Waals surface area contributed by atoms with Gasteiger partial charge in [0.1, 0.15) is 19.3 Å². The first-order valence-corrected chi connectivity index (χ1v) is 43.1. The van der Waals surface area contributed by atoms with Gasteiger partial charge in [0.25, 0.3) is 0 Å². The van der Waals surface area contributed by atoms with E-state index in [0.29, 0.717) is 25.7 Å². The van der Waals surface area contributed by atoms with Gasteiger partial charge in [-0.1, -0.05) is 283 Å². The summed E-state index contributed by atoms with van der Waals surface area (Å²) < 4.78 is 68.5. The first-order valence-electron chi connectivity index (χ1n) is 40.1. The second kappa shape index (κ2) is 76.1. The number of aliphatic hydroxyl groups excluding tert-OH is 1. The first-order chi connectivity index (χ1) is 50.7. The molecule has 0 saturated carbocycles. The van der Waals surface area contributed by atoms with E-state index >= 15 is 0 Å². The van der Waals surface area contributed by atoms with Gasteiger partial charge in [-0.25, -0.2) is 9.13 Å². The molecule has 0 rings (SSSR count). The summed E-state index contributed by atoms with van der Waals surface area (Å²) in [5, 5.41) is 10.6. The largest absolute Gasteiger partial charge is 0.472 e. The van der Waals surface area contributed by atoms with Crippen molar-refractivity contribution in [2.24, 2.45) is 0 Å².